The van der Waals surface area contributed by atoms with Gasteiger partial charge in [-0.25, -0.2) is 9.67 Å². The molecule has 2 aromatic carbocycles. The fourth-order valence-corrected chi connectivity index (χ4v) is 2.65. The maximum absolute atomic E-state index is 4.57. The summed E-state index contributed by atoms with van der Waals surface area (Å²) in [4.78, 5) is 6.62. The highest BCUT2D eigenvalue weighted by Gasteiger charge is 2.12. The van der Waals surface area contributed by atoms with Crippen LogP contribution in [0.2, 0.25) is 0 Å². The lowest BCUT2D eigenvalue weighted by atomic mass is 10.2. The first-order chi connectivity index (χ1) is 12.7. The minimum atomic E-state index is 0.417. The van der Waals surface area contributed by atoms with E-state index < -0.39 is 0 Å². The van der Waals surface area contributed by atoms with Gasteiger partial charge in [-0.3, -0.25) is 5.10 Å². The van der Waals surface area contributed by atoms with Crippen molar-refractivity contribution in [3.05, 3.63) is 60.4 Å². The number of aromatic amines is 1. The molecule has 0 unspecified atom stereocenters. The highest BCUT2D eigenvalue weighted by molar-refractivity contribution is 5.60. The average molecular weight is 346 g/mol. The molecule has 0 bridgehead atoms. The number of anilines is 1. The number of hydrogen-bond donors (Lipinski definition) is 1. The standard InChI is InChI=1S/C18H18N8/c1-25(2)15-10-8-13(9-11-15)17-19-16(20-21-17)12-26-18(22-23-24-26)14-6-4-3-5-7-14/h3-11H,12H2,1-2H3,(H,19,20,21). The molecule has 0 atom stereocenters. The van der Waals surface area contributed by atoms with Crippen molar-refractivity contribution in [2.75, 3.05) is 19.0 Å². The van der Waals surface area contributed by atoms with E-state index in [4.69, 9.17) is 0 Å². The topological polar surface area (TPSA) is 88.4 Å². The molecule has 0 saturated heterocycles. The summed E-state index contributed by atoms with van der Waals surface area (Å²) in [5.41, 5.74) is 3.04. The van der Waals surface area contributed by atoms with Crippen molar-refractivity contribution in [3.8, 4) is 22.8 Å². The van der Waals surface area contributed by atoms with Crippen molar-refractivity contribution < 1.29 is 0 Å². The van der Waals surface area contributed by atoms with E-state index in [1.807, 2.05) is 68.7 Å². The number of rotatable bonds is 5. The quantitative estimate of drug-likeness (QED) is 0.596. The van der Waals surface area contributed by atoms with Gasteiger partial charge in [0.1, 0.15) is 12.4 Å². The third-order valence-corrected chi connectivity index (χ3v) is 4.04. The lowest BCUT2D eigenvalue weighted by Gasteiger charge is -2.11. The predicted molar refractivity (Wildman–Crippen MR) is 98.5 cm³/mol. The molecular formula is C18H18N8. The first-order valence-corrected chi connectivity index (χ1v) is 8.21. The Morgan fingerprint density at radius 2 is 1.73 bits per heavy atom. The van der Waals surface area contributed by atoms with Crippen LogP contribution in [-0.2, 0) is 6.54 Å². The molecule has 4 aromatic rings. The van der Waals surface area contributed by atoms with E-state index in [9.17, 15) is 0 Å². The van der Waals surface area contributed by atoms with Crippen LogP contribution in [0, 0.1) is 0 Å². The second kappa shape index (κ2) is 6.75. The normalized spacial score (nSPS) is 10.8. The van der Waals surface area contributed by atoms with E-state index in [0.717, 1.165) is 16.8 Å². The first-order valence-electron chi connectivity index (χ1n) is 8.21. The number of benzene rings is 2. The van der Waals surface area contributed by atoms with Crippen molar-refractivity contribution in [1.82, 2.24) is 35.4 Å². The Kier molecular flexibility index (Phi) is 4.14. The van der Waals surface area contributed by atoms with Crippen LogP contribution < -0.4 is 4.90 Å². The number of nitrogens with one attached hydrogen (secondary N) is 1. The zero-order valence-electron chi connectivity index (χ0n) is 14.5. The molecule has 2 heterocycles. The lowest BCUT2D eigenvalue weighted by molar-refractivity contribution is 0.631. The molecule has 0 saturated carbocycles. The van der Waals surface area contributed by atoms with E-state index in [0.29, 0.717) is 24.0 Å². The number of tetrazole rings is 1. The maximum Gasteiger partial charge on any atom is 0.182 e. The summed E-state index contributed by atoms with van der Waals surface area (Å²) < 4.78 is 1.70. The van der Waals surface area contributed by atoms with E-state index in [1.54, 1.807) is 4.68 Å². The highest BCUT2D eigenvalue weighted by atomic mass is 15.5. The Hall–Kier alpha value is -3.55. The Morgan fingerprint density at radius 1 is 0.962 bits per heavy atom. The number of nitrogens with zero attached hydrogens (tertiary/aromatic N) is 7. The Morgan fingerprint density at radius 3 is 2.46 bits per heavy atom. The molecule has 0 spiro atoms. The van der Waals surface area contributed by atoms with E-state index in [1.165, 1.54) is 0 Å². The predicted octanol–water partition coefficient (Wildman–Crippen LogP) is 2.24. The van der Waals surface area contributed by atoms with Crippen LogP contribution >= 0.6 is 0 Å². The van der Waals surface area contributed by atoms with Gasteiger partial charge in [-0.2, -0.15) is 5.10 Å². The largest absolute Gasteiger partial charge is 0.378 e. The molecule has 0 aliphatic heterocycles. The smallest absolute Gasteiger partial charge is 0.182 e. The van der Waals surface area contributed by atoms with Crippen molar-refractivity contribution in [1.29, 1.82) is 0 Å². The number of hydrogen-bond acceptors (Lipinski definition) is 6. The van der Waals surface area contributed by atoms with Gasteiger partial charge in [-0.1, -0.05) is 30.3 Å². The minimum absolute atomic E-state index is 0.417. The Labute approximate surface area is 150 Å². The summed E-state index contributed by atoms with van der Waals surface area (Å²) in [6.07, 6.45) is 0. The average Bonchev–Trinajstić information content (AvgIpc) is 3.32. The van der Waals surface area contributed by atoms with Crippen molar-refractivity contribution in [3.63, 3.8) is 0 Å². The SMILES string of the molecule is CN(C)c1ccc(-c2n[nH]c(Cn3nnnc3-c3ccccc3)n2)cc1. The van der Waals surface area contributed by atoms with Crippen molar-refractivity contribution in [2.45, 2.75) is 6.54 Å². The van der Waals surface area contributed by atoms with Crippen LogP contribution in [0.5, 0.6) is 0 Å². The van der Waals surface area contributed by atoms with Crippen molar-refractivity contribution in [2.24, 2.45) is 0 Å². The van der Waals surface area contributed by atoms with Gasteiger partial charge in [-0.15, -0.1) is 5.10 Å². The second-order valence-electron chi connectivity index (χ2n) is 6.07. The van der Waals surface area contributed by atoms with Crippen molar-refractivity contribution >= 4 is 5.69 Å². The molecule has 8 heteroatoms. The molecule has 1 N–H and O–H groups in total. The van der Waals surface area contributed by atoms with Crippen LogP contribution in [0.1, 0.15) is 5.82 Å². The second-order valence-corrected chi connectivity index (χ2v) is 6.07. The van der Waals surface area contributed by atoms with Gasteiger partial charge in [0.05, 0.1) is 0 Å². The van der Waals surface area contributed by atoms with E-state index in [-0.39, 0.29) is 0 Å². The number of aromatic nitrogens is 7. The maximum atomic E-state index is 4.57. The Bertz CT molecular complexity index is 985. The van der Waals surface area contributed by atoms with Gasteiger partial charge in [0.25, 0.3) is 0 Å². The summed E-state index contributed by atoms with van der Waals surface area (Å²) >= 11 is 0. The fraction of sp³-hybridized carbons (Fsp3) is 0.167. The van der Waals surface area contributed by atoms with Gasteiger partial charge < -0.3 is 4.90 Å². The molecule has 0 aliphatic carbocycles. The number of H-pyrrole nitrogens is 1. The molecule has 2 aromatic heterocycles. The highest BCUT2D eigenvalue weighted by Crippen LogP contribution is 2.20. The van der Waals surface area contributed by atoms with E-state index >= 15 is 0 Å². The zero-order valence-corrected chi connectivity index (χ0v) is 14.5. The lowest BCUT2D eigenvalue weighted by Crippen LogP contribution is -2.07. The molecule has 0 fully saturated rings. The van der Waals surface area contributed by atoms with Gasteiger partial charge in [0.2, 0.25) is 0 Å². The zero-order chi connectivity index (χ0) is 17.9. The van der Waals surface area contributed by atoms with E-state index in [2.05, 4.69) is 35.6 Å². The molecule has 0 aliphatic rings. The summed E-state index contributed by atoms with van der Waals surface area (Å²) in [7, 11) is 4.02. The third kappa shape index (κ3) is 3.16. The third-order valence-electron chi connectivity index (χ3n) is 4.04. The van der Waals surface area contributed by atoms with Crippen LogP contribution in [0.25, 0.3) is 22.8 Å². The molecule has 130 valence electrons. The van der Waals surface area contributed by atoms with Gasteiger partial charge >= 0.3 is 0 Å². The van der Waals surface area contributed by atoms with Crippen LogP contribution in [-0.4, -0.2) is 49.5 Å². The first kappa shape index (κ1) is 15.9. The molecule has 26 heavy (non-hydrogen) atoms. The van der Waals surface area contributed by atoms with Crippen LogP contribution in [0.15, 0.2) is 54.6 Å². The summed E-state index contributed by atoms with van der Waals surface area (Å²) in [5.74, 6) is 2.04. The molecule has 4 rings (SSSR count). The van der Waals surface area contributed by atoms with Crippen LogP contribution in [0.3, 0.4) is 0 Å². The fourth-order valence-electron chi connectivity index (χ4n) is 2.65. The monoisotopic (exact) mass is 346 g/mol. The molecule has 8 nitrogen and oxygen atoms in total. The summed E-state index contributed by atoms with van der Waals surface area (Å²) in [6.45, 7) is 0.417. The molecule has 0 amide bonds. The Balaban J connectivity index is 1.56. The van der Waals surface area contributed by atoms with Gasteiger partial charge in [-0.05, 0) is 34.7 Å². The van der Waals surface area contributed by atoms with Gasteiger partial charge in [0.15, 0.2) is 11.6 Å². The molecule has 0 radical (unpaired) electrons. The molecular weight excluding hydrogens is 328 g/mol. The summed E-state index contributed by atoms with van der Waals surface area (Å²) in [5, 5.41) is 19.2. The minimum Gasteiger partial charge on any atom is -0.378 e. The van der Waals surface area contributed by atoms with Gasteiger partial charge in [0, 0.05) is 30.9 Å². The summed E-state index contributed by atoms with van der Waals surface area (Å²) in [6, 6.07) is 17.9. The van der Waals surface area contributed by atoms with Crippen LogP contribution in [0.4, 0.5) is 5.69 Å².